The van der Waals surface area contributed by atoms with E-state index in [1.54, 1.807) is 0 Å². The minimum atomic E-state index is -4.22. The first-order valence-corrected chi connectivity index (χ1v) is 24.5. The maximum Gasteiger partial charge on any atom is 0.243 e. The van der Waals surface area contributed by atoms with Crippen molar-refractivity contribution < 1.29 is 27.0 Å². The van der Waals surface area contributed by atoms with Gasteiger partial charge in [-0.2, -0.15) is 8.61 Å². The Labute approximate surface area is 353 Å². The molecule has 8 nitrogen and oxygen atoms in total. The molecule has 0 saturated carbocycles. The molecule has 0 aliphatic rings. The van der Waals surface area contributed by atoms with Crippen molar-refractivity contribution in [1.29, 1.82) is 0 Å². The van der Waals surface area contributed by atoms with Crippen molar-refractivity contribution in [2.24, 2.45) is 11.8 Å². The summed E-state index contributed by atoms with van der Waals surface area (Å²) in [6, 6.07) is 9.76. The standard InChI is InChI=1S/C48H76N2O6S2/c1-15-19-22-37(17-3)29-49(31-41-33(5)26-43(47(9,10)11)45(51)35(41)7)57(53,54)39-24-21-25-40(28-39)58(55,56)50(30-38(18-4)23-20-16-2)32-42-34(6)27-44(48(12,13)14)46(52)36(42)8/h21,24-28,37-38,51-52H,15-20,22-23,29-32H2,1-14H3. The molecular weight excluding hydrogens is 765 g/mol. The second-order valence-corrected chi connectivity index (χ2v) is 22.7. The van der Waals surface area contributed by atoms with E-state index in [1.165, 1.54) is 32.9 Å². The molecule has 0 heterocycles. The number of nitrogens with zero attached hydrogens (tertiary/aromatic N) is 2. The minimum Gasteiger partial charge on any atom is -0.507 e. The predicted octanol–water partition coefficient (Wildman–Crippen LogP) is 11.7. The maximum absolute atomic E-state index is 14.9. The lowest BCUT2D eigenvalue weighted by atomic mass is 9.82. The van der Waals surface area contributed by atoms with Crippen LogP contribution in [0, 0.1) is 39.5 Å². The Hall–Kier alpha value is -2.92. The molecule has 2 unspecified atom stereocenters. The van der Waals surface area contributed by atoms with Gasteiger partial charge < -0.3 is 10.2 Å². The molecule has 0 spiro atoms. The number of rotatable bonds is 20. The number of phenols is 2. The highest BCUT2D eigenvalue weighted by Gasteiger charge is 2.34. The second kappa shape index (κ2) is 20.1. The minimum absolute atomic E-state index is 0.0475. The monoisotopic (exact) mass is 841 g/mol. The molecule has 3 aromatic carbocycles. The van der Waals surface area contributed by atoms with Gasteiger partial charge in [-0.3, -0.25) is 0 Å². The molecule has 326 valence electrons. The summed E-state index contributed by atoms with van der Waals surface area (Å²) in [5.41, 5.74) is 5.60. The molecule has 0 radical (unpaired) electrons. The SMILES string of the molecule is CCCCC(CC)CN(Cc1c(C)cc(C(C)(C)C)c(O)c1C)S(=O)(=O)c1cccc(S(=O)(=O)N(Cc2c(C)cc(C(C)(C)C)c(O)c2C)CC(CC)CCCC)c1. The fourth-order valence-electron chi connectivity index (χ4n) is 8.01. The summed E-state index contributed by atoms with van der Waals surface area (Å²) in [6.07, 6.45) is 7.27. The van der Waals surface area contributed by atoms with Crippen LogP contribution in [-0.4, -0.2) is 48.7 Å². The van der Waals surface area contributed by atoms with Crippen LogP contribution in [0.4, 0.5) is 0 Å². The lowest BCUT2D eigenvalue weighted by molar-refractivity contribution is 0.311. The Morgan fingerprint density at radius 1 is 0.586 bits per heavy atom. The summed E-state index contributed by atoms with van der Waals surface area (Å²) in [5.74, 6) is 0.546. The second-order valence-electron chi connectivity index (χ2n) is 18.8. The van der Waals surface area contributed by atoms with Gasteiger partial charge >= 0.3 is 0 Å². The smallest absolute Gasteiger partial charge is 0.243 e. The molecule has 10 heteroatoms. The fraction of sp³-hybridized carbons (Fsp3) is 0.625. The average molecular weight is 841 g/mol. The van der Waals surface area contributed by atoms with E-state index in [4.69, 9.17) is 0 Å². The molecule has 0 aromatic heterocycles. The van der Waals surface area contributed by atoms with Gasteiger partial charge in [0.25, 0.3) is 0 Å². The number of aromatic hydroxyl groups is 2. The highest BCUT2D eigenvalue weighted by Crippen LogP contribution is 2.39. The Morgan fingerprint density at radius 3 is 1.22 bits per heavy atom. The quantitative estimate of drug-likeness (QED) is 0.117. The van der Waals surface area contributed by atoms with Crippen molar-refractivity contribution in [3.8, 4) is 11.5 Å². The van der Waals surface area contributed by atoms with E-state index in [1.807, 2.05) is 81.4 Å². The molecule has 0 bridgehead atoms. The molecule has 3 aromatic rings. The van der Waals surface area contributed by atoms with E-state index in [0.29, 0.717) is 11.1 Å². The zero-order chi connectivity index (χ0) is 44.0. The summed E-state index contributed by atoms with van der Waals surface area (Å²) >= 11 is 0. The largest absolute Gasteiger partial charge is 0.507 e. The van der Waals surface area contributed by atoms with Gasteiger partial charge in [-0.1, -0.05) is 126 Å². The fourth-order valence-corrected chi connectivity index (χ4v) is 11.1. The highest BCUT2D eigenvalue weighted by molar-refractivity contribution is 7.90. The van der Waals surface area contributed by atoms with Gasteiger partial charge in [0, 0.05) is 26.2 Å². The third kappa shape index (κ3) is 11.7. The molecule has 2 N–H and O–H groups in total. The van der Waals surface area contributed by atoms with Crippen molar-refractivity contribution in [2.45, 2.75) is 182 Å². The first-order chi connectivity index (χ1) is 26.9. The van der Waals surface area contributed by atoms with Crippen LogP contribution < -0.4 is 0 Å². The van der Waals surface area contributed by atoms with Crippen molar-refractivity contribution in [3.05, 3.63) is 80.9 Å². The molecule has 0 saturated heterocycles. The van der Waals surface area contributed by atoms with E-state index >= 15 is 0 Å². The number of sulfonamides is 2. The van der Waals surface area contributed by atoms with E-state index in [9.17, 15) is 27.0 Å². The van der Waals surface area contributed by atoms with Crippen molar-refractivity contribution in [3.63, 3.8) is 0 Å². The molecule has 58 heavy (non-hydrogen) atoms. The Morgan fingerprint density at radius 2 is 0.931 bits per heavy atom. The normalized spacial score (nSPS) is 14.1. The summed E-state index contributed by atoms with van der Waals surface area (Å²) in [6.45, 7) is 28.9. The third-order valence-corrected chi connectivity index (χ3v) is 15.8. The number of aryl methyl sites for hydroxylation is 2. The van der Waals surface area contributed by atoms with Crippen LogP contribution in [-0.2, 0) is 44.0 Å². The van der Waals surface area contributed by atoms with Crippen molar-refractivity contribution >= 4 is 20.0 Å². The van der Waals surface area contributed by atoms with E-state index in [2.05, 4.69) is 27.7 Å². The topological polar surface area (TPSA) is 115 Å². The van der Waals surface area contributed by atoms with E-state index in [0.717, 1.165) is 84.7 Å². The summed E-state index contributed by atoms with van der Waals surface area (Å²) in [4.78, 5) is -0.162. The molecule has 2 atom stereocenters. The molecular formula is C48H76N2O6S2. The Bertz CT molecular complexity index is 1930. The zero-order valence-corrected chi connectivity index (χ0v) is 40.0. The van der Waals surface area contributed by atoms with Gasteiger partial charge in [-0.25, -0.2) is 16.8 Å². The van der Waals surface area contributed by atoms with Crippen LogP contribution >= 0.6 is 0 Å². The van der Waals surface area contributed by atoms with Gasteiger partial charge in [0.15, 0.2) is 0 Å². The van der Waals surface area contributed by atoms with E-state index in [-0.39, 0.29) is 70.1 Å². The number of phenolic OH excluding ortho intramolecular Hbond substituents is 2. The maximum atomic E-state index is 14.9. The van der Waals surface area contributed by atoms with Gasteiger partial charge in [-0.05, 0) is 126 Å². The molecule has 0 fully saturated rings. The number of hydrogen-bond acceptors (Lipinski definition) is 6. The van der Waals surface area contributed by atoms with Crippen molar-refractivity contribution in [2.75, 3.05) is 13.1 Å². The molecule has 3 rings (SSSR count). The van der Waals surface area contributed by atoms with Crippen LogP contribution in [0.5, 0.6) is 11.5 Å². The first-order valence-electron chi connectivity index (χ1n) is 21.6. The molecule has 0 amide bonds. The summed E-state index contributed by atoms with van der Waals surface area (Å²) in [7, 11) is -8.45. The van der Waals surface area contributed by atoms with E-state index < -0.39 is 20.0 Å². The van der Waals surface area contributed by atoms with Crippen LogP contribution in [0.25, 0.3) is 0 Å². The summed E-state index contributed by atoms with van der Waals surface area (Å²) in [5, 5.41) is 22.7. The number of unbranched alkanes of at least 4 members (excludes halogenated alkanes) is 2. The van der Waals surface area contributed by atoms with Crippen LogP contribution in [0.15, 0.2) is 46.2 Å². The lowest BCUT2D eigenvalue weighted by Gasteiger charge is -2.30. The zero-order valence-electron chi connectivity index (χ0n) is 38.3. The van der Waals surface area contributed by atoms with Gasteiger partial charge in [0.05, 0.1) is 9.79 Å². The van der Waals surface area contributed by atoms with Gasteiger partial charge in [0.2, 0.25) is 20.0 Å². The lowest BCUT2D eigenvalue weighted by Crippen LogP contribution is -2.37. The van der Waals surface area contributed by atoms with Crippen LogP contribution in [0.1, 0.15) is 165 Å². The average Bonchev–Trinajstić information content (AvgIpc) is 3.15. The summed E-state index contributed by atoms with van der Waals surface area (Å²) < 4.78 is 62.8. The van der Waals surface area contributed by atoms with Gasteiger partial charge in [0.1, 0.15) is 11.5 Å². The Balaban J connectivity index is 2.22. The Kier molecular flexibility index (Phi) is 17.1. The van der Waals surface area contributed by atoms with Crippen LogP contribution in [0.3, 0.4) is 0 Å². The van der Waals surface area contributed by atoms with Crippen LogP contribution in [0.2, 0.25) is 0 Å². The number of hydrogen-bond donors (Lipinski definition) is 2. The predicted molar refractivity (Wildman–Crippen MR) is 241 cm³/mol. The molecule has 0 aliphatic heterocycles. The van der Waals surface area contributed by atoms with Gasteiger partial charge in [-0.15, -0.1) is 0 Å². The molecule has 0 aliphatic carbocycles. The first kappa shape index (κ1) is 49.4. The van der Waals surface area contributed by atoms with Crippen molar-refractivity contribution in [1.82, 2.24) is 8.61 Å². The third-order valence-electron chi connectivity index (χ3n) is 12.2. The highest BCUT2D eigenvalue weighted by atomic mass is 32.2. The number of benzene rings is 3.